The molecule has 112 valence electrons. The molecule has 0 aliphatic carbocycles. The number of nitrogens with zero attached hydrogens (tertiary/aromatic N) is 3. The maximum atomic E-state index is 11.9. The van der Waals surface area contributed by atoms with Crippen LogP contribution in [0.25, 0.3) is 0 Å². The van der Waals surface area contributed by atoms with E-state index in [2.05, 4.69) is 15.5 Å². The molecule has 1 fully saturated rings. The summed E-state index contributed by atoms with van der Waals surface area (Å²) in [4.78, 5) is 18.3. The number of nitrogens with one attached hydrogen (secondary N) is 1. The molecule has 2 heterocycles. The Balaban J connectivity index is 2.02. The number of carbonyl (C=O) groups excluding carboxylic acids is 1. The van der Waals surface area contributed by atoms with Crippen LogP contribution in [0.1, 0.15) is 38.4 Å². The van der Waals surface area contributed by atoms with Crippen LogP contribution in [0.15, 0.2) is 4.52 Å². The Labute approximate surface area is 118 Å². The van der Waals surface area contributed by atoms with E-state index in [0.717, 1.165) is 13.1 Å². The smallest absolute Gasteiger partial charge is 0.324 e. The summed E-state index contributed by atoms with van der Waals surface area (Å²) in [7, 11) is 0. The first-order valence-electron chi connectivity index (χ1n) is 7.05. The molecule has 20 heavy (non-hydrogen) atoms. The van der Waals surface area contributed by atoms with E-state index in [4.69, 9.17) is 9.26 Å². The highest BCUT2D eigenvalue weighted by Gasteiger charge is 2.31. The average molecular weight is 282 g/mol. The second kappa shape index (κ2) is 6.81. The molecule has 1 aromatic rings. The predicted octanol–water partition coefficient (Wildman–Crippen LogP) is 0.530. The molecule has 0 bridgehead atoms. The number of hydrogen-bond acceptors (Lipinski definition) is 7. The van der Waals surface area contributed by atoms with Gasteiger partial charge in [0.2, 0.25) is 5.89 Å². The Morgan fingerprint density at radius 2 is 2.40 bits per heavy atom. The van der Waals surface area contributed by atoms with E-state index in [1.165, 1.54) is 0 Å². The van der Waals surface area contributed by atoms with Crippen LogP contribution in [0.5, 0.6) is 0 Å². The van der Waals surface area contributed by atoms with Gasteiger partial charge in [-0.2, -0.15) is 4.98 Å². The lowest BCUT2D eigenvalue weighted by Gasteiger charge is -2.33. The maximum Gasteiger partial charge on any atom is 0.324 e. The van der Waals surface area contributed by atoms with Crippen molar-refractivity contribution in [1.29, 1.82) is 0 Å². The first-order chi connectivity index (χ1) is 9.61. The van der Waals surface area contributed by atoms with Crippen molar-refractivity contribution >= 4 is 5.97 Å². The van der Waals surface area contributed by atoms with Gasteiger partial charge in [0, 0.05) is 25.6 Å². The molecule has 0 amide bonds. The third-order valence-electron chi connectivity index (χ3n) is 3.25. The molecular formula is C13H22N4O3. The number of carbonyl (C=O) groups is 1. The quantitative estimate of drug-likeness (QED) is 0.789. The van der Waals surface area contributed by atoms with Crippen molar-refractivity contribution in [3.8, 4) is 0 Å². The summed E-state index contributed by atoms with van der Waals surface area (Å²) in [5.41, 5.74) is 0. The lowest BCUT2D eigenvalue weighted by Crippen LogP contribution is -2.54. The van der Waals surface area contributed by atoms with Crippen molar-refractivity contribution in [2.45, 2.75) is 39.3 Å². The Morgan fingerprint density at radius 1 is 1.60 bits per heavy atom. The summed E-state index contributed by atoms with van der Waals surface area (Å²) in [6.45, 7) is 8.88. The normalized spacial score (nSPS) is 20.3. The summed E-state index contributed by atoms with van der Waals surface area (Å²) in [6.07, 6.45) is 0. The minimum absolute atomic E-state index is 0.205. The highest BCUT2D eigenvalue weighted by molar-refractivity contribution is 5.76. The monoisotopic (exact) mass is 282 g/mol. The van der Waals surface area contributed by atoms with Crippen molar-refractivity contribution in [2.24, 2.45) is 0 Å². The molecule has 1 N–H and O–H groups in total. The summed E-state index contributed by atoms with van der Waals surface area (Å²) in [5, 5.41) is 7.15. The third kappa shape index (κ3) is 3.55. The Morgan fingerprint density at radius 3 is 3.05 bits per heavy atom. The number of rotatable bonds is 5. The lowest BCUT2D eigenvalue weighted by molar-refractivity contribution is -0.150. The fourth-order valence-electron chi connectivity index (χ4n) is 2.15. The van der Waals surface area contributed by atoms with E-state index in [1.807, 2.05) is 25.7 Å². The van der Waals surface area contributed by atoms with Crippen LogP contribution in [0.4, 0.5) is 0 Å². The molecule has 1 aliphatic rings. The van der Waals surface area contributed by atoms with Crippen molar-refractivity contribution in [3.05, 3.63) is 11.7 Å². The molecule has 0 spiro atoms. The van der Waals surface area contributed by atoms with Crippen molar-refractivity contribution in [1.82, 2.24) is 20.4 Å². The molecule has 1 atom stereocenters. The van der Waals surface area contributed by atoms with Gasteiger partial charge in [-0.25, -0.2) is 0 Å². The number of ether oxygens (including phenoxy) is 1. The van der Waals surface area contributed by atoms with Gasteiger partial charge in [-0.3, -0.25) is 9.69 Å². The molecule has 1 saturated heterocycles. The highest BCUT2D eigenvalue weighted by atomic mass is 16.5. The maximum absolute atomic E-state index is 11.9. The lowest BCUT2D eigenvalue weighted by atomic mass is 10.2. The third-order valence-corrected chi connectivity index (χ3v) is 3.25. The van der Waals surface area contributed by atoms with Gasteiger partial charge in [0.15, 0.2) is 5.82 Å². The zero-order valence-electron chi connectivity index (χ0n) is 12.3. The van der Waals surface area contributed by atoms with Gasteiger partial charge in [0.1, 0.15) is 6.04 Å². The van der Waals surface area contributed by atoms with Crippen LogP contribution >= 0.6 is 0 Å². The van der Waals surface area contributed by atoms with Gasteiger partial charge in [-0.15, -0.1) is 0 Å². The Bertz CT molecular complexity index is 447. The minimum atomic E-state index is -0.293. The van der Waals surface area contributed by atoms with Crippen LogP contribution in [0, 0.1) is 0 Å². The molecule has 7 nitrogen and oxygen atoms in total. The Hall–Kier alpha value is -1.47. The topological polar surface area (TPSA) is 80.5 Å². The number of aromatic nitrogens is 2. The second-order valence-electron chi connectivity index (χ2n) is 5.14. The average Bonchev–Trinajstić information content (AvgIpc) is 2.88. The molecule has 1 aromatic heterocycles. The molecule has 0 aromatic carbocycles. The van der Waals surface area contributed by atoms with Crippen molar-refractivity contribution in [3.63, 3.8) is 0 Å². The zero-order valence-corrected chi connectivity index (χ0v) is 12.3. The van der Waals surface area contributed by atoms with E-state index in [1.54, 1.807) is 0 Å². The summed E-state index contributed by atoms with van der Waals surface area (Å²) in [6, 6.07) is -0.293. The molecule has 1 aliphatic heterocycles. The van der Waals surface area contributed by atoms with Crippen molar-refractivity contribution < 1.29 is 14.1 Å². The van der Waals surface area contributed by atoms with Gasteiger partial charge in [-0.1, -0.05) is 19.0 Å². The summed E-state index contributed by atoms with van der Waals surface area (Å²) < 4.78 is 10.3. The second-order valence-corrected chi connectivity index (χ2v) is 5.14. The van der Waals surface area contributed by atoms with Gasteiger partial charge in [-0.05, 0) is 6.92 Å². The SMILES string of the molecule is CCOC(=O)C1CNCCN1Cc1nc(C(C)C)no1. The molecule has 1 unspecified atom stereocenters. The van der Waals surface area contributed by atoms with Gasteiger partial charge in [0.05, 0.1) is 13.2 Å². The van der Waals surface area contributed by atoms with Crippen LogP contribution in [-0.4, -0.2) is 53.3 Å². The standard InChI is InChI=1S/C13H22N4O3/c1-4-19-13(18)10-7-14-5-6-17(10)8-11-15-12(9(2)3)16-20-11/h9-10,14H,4-8H2,1-3H3. The van der Waals surface area contributed by atoms with Gasteiger partial charge in [0.25, 0.3) is 0 Å². The van der Waals surface area contributed by atoms with Crippen molar-refractivity contribution in [2.75, 3.05) is 26.2 Å². The molecule has 7 heteroatoms. The number of piperazine rings is 1. The fraction of sp³-hybridized carbons (Fsp3) is 0.769. The van der Waals surface area contributed by atoms with Crippen LogP contribution in [0.3, 0.4) is 0 Å². The first kappa shape index (κ1) is 14.9. The minimum Gasteiger partial charge on any atom is -0.465 e. The van der Waals surface area contributed by atoms with E-state index in [0.29, 0.717) is 31.4 Å². The van der Waals surface area contributed by atoms with E-state index < -0.39 is 0 Å². The van der Waals surface area contributed by atoms with Gasteiger partial charge >= 0.3 is 5.97 Å². The molecule has 0 radical (unpaired) electrons. The van der Waals surface area contributed by atoms with Crippen LogP contribution in [-0.2, 0) is 16.1 Å². The van der Waals surface area contributed by atoms with Crippen LogP contribution in [0.2, 0.25) is 0 Å². The number of hydrogen-bond donors (Lipinski definition) is 1. The van der Waals surface area contributed by atoms with Crippen LogP contribution < -0.4 is 5.32 Å². The summed E-state index contributed by atoms with van der Waals surface area (Å²) in [5.74, 6) is 1.27. The zero-order chi connectivity index (χ0) is 14.5. The molecule has 0 saturated carbocycles. The van der Waals surface area contributed by atoms with Gasteiger partial charge < -0.3 is 14.6 Å². The van der Waals surface area contributed by atoms with E-state index >= 15 is 0 Å². The highest BCUT2D eigenvalue weighted by Crippen LogP contribution is 2.14. The first-order valence-corrected chi connectivity index (χ1v) is 7.05. The molecular weight excluding hydrogens is 260 g/mol. The van der Waals surface area contributed by atoms with E-state index in [9.17, 15) is 4.79 Å². The molecule has 2 rings (SSSR count). The van der Waals surface area contributed by atoms with E-state index in [-0.39, 0.29) is 17.9 Å². The number of esters is 1. The predicted molar refractivity (Wildman–Crippen MR) is 72.1 cm³/mol. The fourth-order valence-corrected chi connectivity index (χ4v) is 2.15. The summed E-state index contributed by atoms with van der Waals surface area (Å²) >= 11 is 0. The largest absolute Gasteiger partial charge is 0.465 e. The Kier molecular flexibility index (Phi) is 5.08.